The summed E-state index contributed by atoms with van der Waals surface area (Å²) in [5, 5.41) is -0.677. The van der Waals surface area contributed by atoms with Crippen molar-refractivity contribution in [1.82, 2.24) is 0 Å². The zero-order chi connectivity index (χ0) is 23.1. The second-order valence-electron chi connectivity index (χ2n) is 8.97. The number of hydrogen-bond donors (Lipinski definition) is 4. The summed E-state index contributed by atoms with van der Waals surface area (Å²) in [6.45, 7) is 10.8. The summed E-state index contributed by atoms with van der Waals surface area (Å²) in [4.78, 5) is 39.1. The minimum absolute atomic E-state index is 0.0319. The van der Waals surface area contributed by atoms with Gasteiger partial charge in [-0.3, -0.25) is 9.13 Å². The molecule has 2 rings (SSSR count). The second kappa shape index (κ2) is 8.12. The van der Waals surface area contributed by atoms with Gasteiger partial charge >= 0.3 is 15.2 Å². The summed E-state index contributed by atoms with van der Waals surface area (Å²) in [6.07, 6.45) is 0. The fourth-order valence-corrected chi connectivity index (χ4v) is 4.07. The molecule has 0 radical (unpaired) electrons. The van der Waals surface area contributed by atoms with Gasteiger partial charge in [0.15, 0.2) is 0 Å². The van der Waals surface area contributed by atoms with E-state index < -0.39 is 31.5 Å². The average molecular weight is 458 g/mol. The number of rotatable bonds is 5. The fraction of sp³-hybridized carbons (Fsp3) is 0.400. The number of benzene rings is 2. The Morgan fingerprint density at radius 3 is 1.83 bits per heavy atom. The van der Waals surface area contributed by atoms with Crippen molar-refractivity contribution in [2.75, 3.05) is 0 Å². The van der Waals surface area contributed by atoms with Crippen LogP contribution in [0.3, 0.4) is 0 Å². The SMILES string of the molecule is CC(C)(C)Oc1cccc(Oc2cc(C(C)(C)C)cc(P(=O)(O)O)c2)c1P(=O)(O)O. The molecule has 0 unspecified atom stereocenters. The van der Waals surface area contributed by atoms with E-state index in [0.29, 0.717) is 5.56 Å². The van der Waals surface area contributed by atoms with E-state index in [9.17, 15) is 28.7 Å². The molecule has 2 aromatic rings. The van der Waals surface area contributed by atoms with Gasteiger partial charge in [0.2, 0.25) is 0 Å². The minimum atomic E-state index is -4.81. The molecule has 0 atom stereocenters. The van der Waals surface area contributed by atoms with Crippen LogP contribution in [0.1, 0.15) is 47.1 Å². The van der Waals surface area contributed by atoms with E-state index in [1.165, 1.54) is 24.3 Å². The third kappa shape index (κ3) is 6.42. The monoisotopic (exact) mass is 458 g/mol. The Balaban J connectivity index is 2.66. The topological polar surface area (TPSA) is 134 Å². The van der Waals surface area contributed by atoms with Gasteiger partial charge in [0.25, 0.3) is 0 Å². The smallest absolute Gasteiger partial charge is 0.363 e. The molecule has 8 nitrogen and oxygen atoms in total. The van der Waals surface area contributed by atoms with Crippen molar-refractivity contribution in [2.45, 2.75) is 52.6 Å². The molecule has 0 spiro atoms. The molecule has 30 heavy (non-hydrogen) atoms. The van der Waals surface area contributed by atoms with Gasteiger partial charge in [-0.15, -0.1) is 0 Å². The summed E-state index contributed by atoms with van der Waals surface area (Å²) < 4.78 is 35.5. The first-order valence-electron chi connectivity index (χ1n) is 9.15. The van der Waals surface area contributed by atoms with Crippen LogP contribution in [-0.2, 0) is 14.5 Å². The maximum Gasteiger partial charge on any atom is 0.363 e. The van der Waals surface area contributed by atoms with Gasteiger partial charge in [-0.25, -0.2) is 0 Å². The molecule has 0 fully saturated rings. The van der Waals surface area contributed by atoms with Crippen LogP contribution in [0.25, 0.3) is 0 Å². The zero-order valence-corrected chi connectivity index (χ0v) is 19.6. The van der Waals surface area contributed by atoms with E-state index >= 15 is 0 Å². The van der Waals surface area contributed by atoms with Gasteiger partial charge in [0.1, 0.15) is 28.2 Å². The number of hydrogen-bond acceptors (Lipinski definition) is 4. The van der Waals surface area contributed by atoms with Crippen molar-refractivity contribution in [3.63, 3.8) is 0 Å². The Morgan fingerprint density at radius 2 is 1.37 bits per heavy atom. The summed E-state index contributed by atoms with van der Waals surface area (Å²) in [7, 11) is -9.39. The van der Waals surface area contributed by atoms with E-state index in [4.69, 9.17) is 9.47 Å². The molecule has 0 aliphatic heterocycles. The van der Waals surface area contributed by atoms with Crippen LogP contribution in [0.2, 0.25) is 0 Å². The Bertz CT molecular complexity index is 1020. The van der Waals surface area contributed by atoms with Gasteiger partial charge in [0.05, 0.1) is 5.30 Å². The Hall–Kier alpha value is -1.66. The molecular formula is C20H28O8P2. The minimum Gasteiger partial charge on any atom is -0.487 e. The molecule has 0 aliphatic carbocycles. The normalized spacial score (nSPS) is 13.3. The molecule has 4 N–H and O–H groups in total. The third-order valence-electron chi connectivity index (χ3n) is 3.99. The summed E-state index contributed by atoms with van der Waals surface area (Å²) in [5.74, 6) is -0.147. The van der Waals surface area contributed by atoms with E-state index in [1.54, 1.807) is 26.8 Å². The lowest BCUT2D eigenvalue weighted by Crippen LogP contribution is -2.26. The van der Waals surface area contributed by atoms with E-state index in [-0.39, 0.29) is 22.6 Å². The van der Waals surface area contributed by atoms with Crippen molar-refractivity contribution in [3.05, 3.63) is 42.0 Å². The van der Waals surface area contributed by atoms with Gasteiger partial charge < -0.3 is 29.0 Å². The molecule has 0 aliphatic rings. The van der Waals surface area contributed by atoms with E-state index in [2.05, 4.69) is 0 Å². The average Bonchev–Trinajstić information content (AvgIpc) is 2.50. The van der Waals surface area contributed by atoms with Crippen LogP contribution in [0.15, 0.2) is 36.4 Å². The highest BCUT2D eigenvalue weighted by Crippen LogP contribution is 2.44. The maximum atomic E-state index is 12.2. The predicted octanol–water partition coefficient (Wildman–Crippen LogP) is 3.56. The second-order valence-corrected chi connectivity index (χ2v) is 12.1. The summed E-state index contributed by atoms with van der Waals surface area (Å²) in [5.41, 5.74) is -0.576. The molecule has 0 aromatic heterocycles. The zero-order valence-electron chi connectivity index (χ0n) is 17.8. The standard InChI is InChI=1S/C20H28O8P2/c1-19(2,3)13-10-14(12-15(11-13)29(21,22)23)27-16-8-7-9-17(28-20(4,5)6)18(16)30(24,25)26/h7-12H,1-6H3,(H2,21,22,23)(H2,24,25,26). The summed E-state index contributed by atoms with van der Waals surface area (Å²) >= 11 is 0. The van der Waals surface area contributed by atoms with Crippen molar-refractivity contribution in [1.29, 1.82) is 0 Å². The van der Waals surface area contributed by atoms with Gasteiger partial charge in [0, 0.05) is 0 Å². The molecule has 2 aromatic carbocycles. The highest BCUT2D eigenvalue weighted by Gasteiger charge is 2.31. The maximum absolute atomic E-state index is 12.2. The first kappa shape index (κ1) is 24.6. The molecule has 0 amide bonds. The van der Waals surface area contributed by atoms with Crippen LogP contribution in [0, 0.1) is 0 Å². The molecule has 0 heterocycles. The largest absolute Gasteiger partial charge is 0.487 e. The molecule has 10 heteroatoms. The molecule has 0 saturated carbocycles. The van der Waals surface area contributed by atoms with Crippen LogP contribution < -0.4 is 20.1 Å². The van der Waals surface area contributed by atoms with Crippen molar-refractivity contribution >= 4 is 25.8 Å². The lowest BCUT2D eigenvalue weighted by atomic mass is 9.87. The Labute approximate surface area is 176 Å². The number of ether oxygens (including phenoxy) is 2. The van der Waals surface area contributed by atoms with Crippen LogP contribution in [0.4, 0.5) is 0 Å². The third-order valence-corrected chi connectivity index (χ3v) is 5.95. The molecule has 166 valence electrons. The summed E-state index contributed by atoms with van der Waals surface area (Å²) in [6, 6.07) is 8.46. The first-order chi connectivity index (χ1) is 13.4. The molecule has 0 bridgehead atoms. The van der Waals surface area contributed by atoms with Crippen LogP contribution >= 0.6 is 15.2 Å². The first-order valence-corrected chi connectivity index (χ1v) is 12.4. The Morgan fingerprint density at radius 1 is 0.800 bits per heavy atom. The fourth-order valence-electron chi connectivity index (χ4n) is 2.65. The van der Waals surface area contributed by atoms with Crippen LogP contribution in [0.5, 0.6) is 17.2 Å². The van der Waals surface area contributed by atoms with E-state index in [0.717, 1.165) is 6.07 Å². The quantitative estimate of drug-likeness (QED) is 0.500. The predicted molar refractivity (Wildman–Crippen MR) is 115 cm³/mol. The van der Waals surface area contributed by atoms with Crippen molar-refractivity contribution < 1.29 is 38.2 Å². The van der Waals surface area contributed by atoms with Crippen molar-refractivity contribution in [3.8, 4) is 17.2 Å². The lowest BCUT2D eigenvalue weighted by Gasteiger charge is -2.25. The van der Waals surface area contributed by atoms with Gasteiger partial charge in [-0.2, -0.15) is 0 Å². The van der Waals surface area contributed by atoms with E-state index in [1.807, 2.05) is 20.8 Å². The molecule has 0 saturated heterocycles. The van der Waals surface area contributed by atoms with Gasteiger partial charge in [-0.1, -0.05) is 26.8 Å². The van der Waals surface area contributed by atoms with Crippen molar-refractivity contribution in [2.24, 2.45) is 0 Å². The van der Waals surface area contributed by atoms with Gasteiger partial charge in [-0.05, 0) is 62.1 Å². The lowest BCUT2D eigenvalue weighted by molar-refractivity contribution is 0.132. The Kier molecular flexibility index (Phi) is 6.66. The highest BCUT2D eigenvalue weighted by atomic mass is 31.2. The van der Waals surface area contributed by atoms with Crippen LogP contribution in [-0.4, -0.2) is 25.2 Å². The molecular weight excluding hydrogens is 430 g/mol. The highest BCUT2D eigenvalue weighted by molar-refractivity contribution is 7.61.